The molecule has 106 valence electrons. The van der Waals surface area contributed by atoms with Crippen molar-refractivity contribution < 1.29 is 13.5 Å². The molecule has 2 rings (SSSR count). The molecule has 0 aliphatic carbocycles. The van der Waals surface area contributed by atoms with Gasteiger partial charge in [0.05, 0.1) is 11.8 Å². The van der Waals surface area contributed by atoms with Crippen molar-refractivity contribution >= 4 is 15.7 Å². The summed E-state index contributed by atoms with van der Waals surface area (Å²) >= 11 is 0. The molecule has 19 heavy (non-hydrogen) atoms. The molecule has 7 nitrogen and oxygen atoms in total. The largest absolute Gasteiger partial charge is 0.393 e. The van der Waals surface area contributed by atoms with E-state index >= 15 is 0 Å². The number of hydrogen-bond donors (Lipinski definition) is 3. The van der Waals surface area contributed by atoms with Crippen molar-refractivity contribution in [1.29, 1.82) is 0 Å². The van der Waals surface area contributed by atoms with Gasteiger partial charge in [0.1, 0.15) is 0 Å². The van der Waals surface area contributed by atoms with Crippen LogP contribution >= 0.6 is 0 Å². The van der Waals surface area contributed by atoms with E-state index < -0.39 is 16.1 Å². The Kier molecular flexibility index (Phi) is 4.04. The molecule has 1 aromatic rings. The number of nitrogens with one attached hydrogen (secondary N) is 1. The molecule has 2 atom stereocenters. The first-order chi connectivity index (χ1) is 8.96. The summed E-state index contributed by atoms with van der Waals surface area (Å²) in [6, 6.07) is 3.17. The molecule has 8 heteroatoms. The Hall–Kier alpha value is -1.22. The predicted molar refractivity (Wildman–Crippen MR) is 70.6 cm³/mol. The molecule has 1 aromatic heterocycles. The van der Waals surface area contributed by atoms with Gasteiger partial charge in [-0.1, -0.05) is 6.92 Å². The topological polar surface area (TPSA) is 109 Å². The van der Waals surface area contributed by atoms with E-state index in [-0.39, 0.29) is 29.7 Å². The lowest BCUT2D eigenvalue weighted by Crippen LogP contribution is -2.45. The highest BCUT2D eigenvalue weighted by atomic mass is 32.2. The van der Waals surface area contributed by atoms with Crippen LogP contribution in [0.5, 0.6) is 0 Å². The normalized spacial score (nSPS) is 25.2. The van der Waals surface area contributed by atoms with Gasteiger partial charge in [-0.15, -0.1) is 0 Å². The van der Waals surface area contributed by atoms with Gasteiger partial charge < -0.3 is 10.5 Å². The Bertz CT molecular complexity index is 549. The number of hydrazine groups is 1. The van der Waals surface area contributed by atoms with Crippen LogP contribution in [0.3, 0.4) is 0 Å². The minimum Gasteiger partial charge on any atom is -0.393 e. The van der Waals surface area contributed by atoms with E-state index in [4.69, 9.17) is 5.84 Å². The summed E-state index contributed by atoms with van der Waals surface area (Å²) in [5, 5.41) is 9.58. The number of anilines is 1. The number of piperidine rings is 1. The van der Waals surface area contributed by atoms with Gasteiger partial charge in [-0.25, -0.2) is 13.4 Å². The maximum absolute atomic E-state index is 12.5. The first kappa shape index (κ1) is 14.2. The molecule has 2 unspecified atom stereocenters. The molecule has 0 amide bonds. The zero-order chi connectivity index (χ0) is 14.0. The zero-order valence-corrected chi connectivity index (χ0v) is 11.5. The SMILES string of the molecule is CC1CN(S(=O)(=O)c2ncccc2NN)CCC1O. The average Bonchev–Trinajstić information content (AvgIpc) is 2.41. The van der Waals surface area contributed by atoms with Crippen LogP contribution in [0.15, 0.2) is 23.4 Å². The smallest absolute Gasteiger partial charge is 0.262 e. The van der Waals surface area contributed by atoms with Gasteiger partial charge in [0.2, 0.25) is 0 Å². The molecule has 1 aliphatic rings. The first-order valence-corrected chi connectivity index (χ1v) is 7.50. The van der Waals surface area contributed by atoms with Crippen molar-refractivity contribution in [2.45, 2.75) is 24.5 Å². The summed E-state index contributed by atoms with van der Waals surface area (Å²) in [5.41, 5.74) is 2.61. The Morgan fingerprint density at radius 2 is 2.32 bits per heavy atom. The predicted octanol–water partition coefficient (Wildman–Crippen LogP) is -0.241. The molecule has 1 aliphatic heterocycles. The number of sulfonamides is 1. The van der Waals surface area contributed by atoms with E-state index in [1.807, 2.05) is 6.92 Å². The summed E-state index contributed by atoms with van der Waals surface area (Å²) < 4.78 is 26.4. The molecular formula is C11H18N4O3S. The lowest BCUT2D eigenvalue weighted by Gasteiger charge is -2.33. The molecule has 1 fully saturated rings. The van der Waals surface area contributed by atoms with Gasteiger partial charge in [0.15, 0.2) is 5.03 Å². The summed E-state index contributed by atoms with van der Waals surface area (Å²) in [4.78, 5) is 3.91. The van der Waals surface area contributed by atoms with Gasteiger partial charge in [0.25, 0.3) is 10.0 Å². The van der Waals surface area contributed by atoms with Crippen LogP contribution in [0.1, 0.15) is 13.3 Å². The Morgan fingerprint density at radius 1 is 1.58 bits per heavy atom. The summed E-state index contributed by atoms with van der Waals surface area (Å²) in [5.74, 6) is 5.22. The lowest BCUT2D eigenvalue weighted by molar-refractivity contribution is 0.0628. The number of nitrogens with two attached hydrogens (primary N) is 1. The molecule has 0 aromatic carbocycles. The van der Waals surface area contributed by atoms with Crippen molar-refractivity contribution in [3.63, 3.8) is 0 Å². The minimum atomic E-state index is -3.69. The Morgan fingerprint density at radius 3 is 2.95 bits per heavy atom. The fourth-order valence-corrected chi connectivity index (χ4v) is 3.76. The van der Waals surface area contributed by atoms with Crippen molar-refractivity contribution in [2.24, 2.45) is 11.8 Å². The number of aliphatic hydroxyl groups is 1. The quantitative estimate of drug-likeness (QED) is 0.522. The van der Waals surface area contributed by atoms with E-state index in [1.165, 1.54) is 10.5 Å². The van der Waals surface area contributed by atoms with Gasteiger partial charge in [-0.2, -0.15) is 4.31 Å². The molecular weight excluding hydrogens is 268 g/mol. The van der Waals surface area contributed by atoms with Crippen molar-refractivity contribution in [1.82, 2.24) is 9.29 Å². The number of rotatable bonds is 3. The van der Waals surface area contributed by atoms with E-state index in [0.717, 1.165) is 0 Å². The third-order valence-electron chi connectivity index (χ3n) is 3.33. The second-order valence-electron chi connectivity index (χ2n) is 4.70. The van der Waals surface area contributed by atoms with Crippen molar-refractivity contribution in [2.75, 3.05) is 18.5 Å². The standard InChI is InChI=1S/C11H18N4O3S/c1-8-7-15(6-4-10(8)16)19(17,18)11-9(14-12)3-2-5-13-11/h2-3,5,8,10,14,16H,4,6-7,12H2,1H3. The monoisotopic (exact) mass is 286 g/mol. The average molecular weight is 286 g/mol. The van der Waals surface area contributed by atoms with Gasteiger partial charge >= 0.3 is 0 Å². The Balaban J connectivity index is 2.32. The van der Waals surface area contributed by atoms with Gasteiger partial charge in [-0.05, 0) is 24.5 Å². The number of aliphatic hydroxyl groups excluding tert-OH is 1. The van der Waals surface area contributed by atoms with Gasteiger partial charge in [-0.3, -0.25) is 5.84 Å². The summed E-state index contributed by atoms with van der Waals surface area (Å²) in [7, 11) is -3.69. The highest BCUT2D eigenvalue weighted by Crippen LogP contribution is 2.26. The Labute approximate surface area is 112 Å². The number of pyridine rings is 1. The number of aromatic nitrogens is 1. The van der Waals surface area contributed by atoms with Crippen LogP contribution in [0.4, 0.5) is 5.69 Å². The second-order valence-corrected chi connectivity index (χ2v) is 6.55. The van der Waals surface area contributed by atoms with E-state index in [0.29, 0.717) is 6.42 Å². The van der Waals surface area contributed by atoms with Crippen LogP contribution < -0.4 is 11.3 Å². The van der Waals surface area contributed by atoms with E-state index in [9.17, 15) is 13.5 Å². The molecule has 0 saturated carbocycles. The number of nitrogens with zero attached hydrogens (tertiary/aromatic N) is 2. The molecule has 1 saturated heterocycles. The minimum absolute atomic E-state index is 0.0823. The summed E-state index contributed by atoms with van der Waals surface area (Å²) in [6.45, 7) is 2.39. The van der Waals surface area contributed by atoms with E-state index in [1.54, 1.807) is 12.1 Å². The highest BCUT2D eigenvalue weighted by molar-refractivity contribution is 7.89. The van der Waals surface area contributed by atoms with Crippen LogP contribution in [0, 0.1) is 5.92 Å². The lowest BCUT2D eigenvalue weighted by atomic mass is 9.99. The zero-order valence-electron chi connectivity index (χ0n) is 10.7. The third-order valence-corrected chi connectivity index (χ3v) is 5.16. The summed E-state index contributed by atoms with van der Waals surface area (Å²) in [6.07, 6.45) is 1.39. The first-order valence-electron chi connectivity index (χ1n) is 6.06. The van der Waals surface area contributed by atoms with E-state index in [2.05, 4.69) is 10.4 Å². The molecule has 4 N–H and O–H groups in total. The van der Waals surface area contributed by atoms with Crippen LogP contribution in [0.25, 0.3) is 0 Å². The fourth-order valence-electron chi connectivity index (χ4n) is 2.14. The highest BCUT2D eigenvalue weighted by Gasteiger charge is 2.34. The van der Waals surface area contributed by atoms with Crippen LogP contribution in [-0.2, 0) is 10.0 Å². The van der Waals surface area contributed by atoms with Gasteiger partial charge in [0, 0.05) is 19.3 Å². The molecule has 0 bridgehead atoms. The van der Waals surface area contributed by atoms with Crippen molar-refractivity contribution in [3.05, 3.63) is 18.3 Å². The number of nitrogen functional groups attached to an aromatic ring is 1. The number of hydrogen-bond acceptors (Lipinski definition) is 6. The molecule has 0 radical (unpaired) electrons. The van der Waals surface area contributed by atoms with Crippen LogP contribution in [0.2, 0.25) is 0 Å². The maximum atomic E-state index is 12.5. The third kappa shape index (κ3) is 2.71. The molecule has 2 heterocycles. The fraction of sp³-hybridized carbons (Fsp3) is 0.545. The molecule has 0 spiro atoms. The van der Waals surface area contributed by atoms with Crippen molar-refractivity contribution in [3.8, 4) is 0 Å². The van der Waals surface area contributed by atoms with Crippen LogP contribution in [-0.4, -0.2) is 42.0 Å². The second kappa shape index (κ2) is 5.41. The maximum Gasteiger partial charge on any atom is 0.262 e.